The zero-order chi connectivity index (χ0) is 21.4. The van der Waals surface area contributed by atoms with Crippen LogP contribution in [0.4, 0.5) is 5.95 Å². The van der Waals surface area contributed by atoms with Crippen LogP contribution < -0.4 is 4.90 Å². The number of rotatable bonds is 5. The number of hydrogen-bond acceptors (Lipinski definition) is 8. The molecule has 1 aromatic heterocycles. The van der Waals surface area contributed by atoms with Gasteiger partial charge in [0.25, 0.3) is 0 Å². The smallest absolute Gasteiger partial charge is 0.225 e. The Morgan fingerprint density at radius 3 is 2.23 bits per heavy atom. The van der Waals surface area contributed by atoms with Crippen LogP contribution in [0.3, 0.4) is 0 Å². The molecule has 0 amide bonds. The van der Waals surface area contributed by atoms with E-state index in [-0.39, 0.29) is 16.4 Å². The minimum atomic E-state index is -3.76. The fourth-order valence-electron chi connectivity index (χ4n) is 4.23. The van der Waals surface area contributed by atoms with Gasteiger partial charge in [0.1, 0.15) is 0 Å². The van der Waals surface area contributed by atoms with Gasteiger partial charge in [-0.05, 0) is 30.2 Å². The minimum Gasteiger partial charge on any atom is -0.338 e. The molecule has 2 atom stereocenters. The SMILES string of the molecule is CCc1ccc(S(=O)(=O)[C@H]2CS(=O)(=O)C[C@H]2N2CCN(c3ncccn3)CC2)cc1. The molecule has 10 heteroatoms. The van der Waals surface area contributed by atoms with E-state index in [9.17, 15) is 16.8 Å². The van der Waals surface area contributed by atoms with Crippen molar-refractivity contribution < 1.29 is 16.8 Å². The summed E-state index contributed by atoms with van der Waals surface area (Å²) in [5, 5.41) is -0.950. The third-order valence-corrected chi connectivity index (χ3v) is 10.1. The summed E-state index contributed by atoms with van der Waals surface area (Å²) >= 11 is 0. The molecule has 0 bridgehead atoms. The van der Waals surface area contributed by atoms with Gasteiger partial charge in [0.15, 0.2) is 19.7 Å². The van der Waals surface area contributed by atoms with Crippen molar-refractivity contribution in [2.24, 2.45) is 0 Å². The first-order chi connectivity index (χ1) is 14.3. The Hall–Kier alpha value is -2.04. The number of piperazine rings is 1. The number of sulfone groups is 2. The lowest BCUT2D eigenvalue weighted by molar-refractivity contribution is 0.201. The number of nitrogens with zero attached hydrogens (tertiary/aromatic N) is 4. The van der Waals surface area contributed by atoms with Crippen molar-refractivity contribution >= 4 is 25.6 Å². The van der Waals surface area contributed by atoms with Crippen LogP contribution in [-0.4, -0.2) is 80.7 Å². The molecule has 30 heavy (non-hydrogen) atoms. The Morgan fingerprint density at radius 1 is 1.00 bits per heavy atom. The van der Waals surface area contributed by atoms with E-state index in [1.807, 2.05) is 16.7 Å². The van der Waals surface area contributed by atoms with Crippen molar-refractivity contribution in [1.82, 2.24) is 14.9 Å². The zero-order valence-corrected chi connectivity index (χ0v) is 18.5. The highest BCUT2D eigenvalue weighted by molar-refractivity contribution is 7.96. The zero-order valence-electron chi connectivity index (χ0n) is 16.9. The van der Waals surface area contributed by atoms with Crippen LogP contribution in [0, 0.1) is 0 Å². The fourth-order valence-corrected chi connectivity index (χ4v) is 9.06. The first kappa shape index (κ1) is 21.2. The van der Waals surface area contributed by atoms with Crippen LogP contribution in [0.25, 0.3) is 0 Å². The van der Waals surface area contributed by atoms with Crippen molar-refractivity contribution in [3.63, 3.8) is 0 Å². The molecule has 162 valence electrons. The van der Waals surface area contributed by atoms with Gasteiger partial charge in [-0.25, -0.2) is 26.8 Å². The van der Waals surface area contributed by atoms with Gasteiger partial charge < -0.3 is 4.90 Å². The Morgan fingerprint density at radius 2 is 1.63 bits per heavy atom. The molecule has 2 saturated heterocycles. The van der Waals surface area contributed by atoms with E-state index in [0.717, 1.165) is 12.0 Å². The molecule has 0 saturated carbocycles. The van der Waals surface area contributed by atoms with E-state index in [1.165, 1.54) is 0 Å². The van der Waals surface area contributed by atoms with Gasteiger partial charge >= 0.3 is 0 Å². The molecule has 4 rings (SSSR count). The highest BCUT2D eigenvalue weighted by atomic mass is 32.2. The van der Waals surface area contributed by atoms with Gasteiger partial charge in [0.05, 0.1) is 21.7 Å². The second-order valence-corrected chi connectivity index (χ2v) is 12.1. The van der Waals surface area contributed by atoms with Gasteiger partial charge in [-0.1, -0.05) is 19.1 Å². The quantitative estimate of drug-likeness (QED) is 0.659. The standard InChI is InChI=1S/C20H26N4O4S2/c1-2-16-4-6-17(7-5-16)30(27,28)19-15-29(25,26)14-18(19)23-10-12-24(13-11-23)20-21-8-3-9-22-20/h3-9,18-19H,2,10-15H2,1H3/t18-,19+/m1/s1. The van der Waals surface area contributed by atoms with Crippen molar-refractivity contribution in [1.29, 1.82) is 0 Å². The summed E-state index contributed by atoms with van der Waals surface area (Å²) in [6, 6.07) is 8.01. The number of aromatic nitrogens is 2. The van der Waals surface area contributed by atoms with E-state index in [4.69, 9.17) is 0 Å². The monoisotopic (exact) mass is 450 g/mol. The van der Waals surface area contributed by atoms with Gasteiger partial charge in [0.2, 0.25) is 5.95 Å². The number of aryl methyl sites for hydroxylation is 1. The van der Waals surface area contributed by atoms with Gasteiger partial charge in [-0.2, -0.15) is 0 Å². The van der Waals surface area contributed by atoms with E-state index in [0.29, 0.717) is 32.1 Å². The summed E-state index contributed by atoms with van der Waals surface area (Å²) in [4.78, 5) is 12.8. The first-order valence-electron chi connectivity index (χ1n) is 10.1. The average Bonchev–Trinajstić information content (AvgIpc) is 3.11. The molecule has 2 fully saturated rings. The number of hydrogen-bond donors (Lipinski definition) is 0. The Bertz CT molecular complexity index is 1080. The molecule has 3 heterocycles. The van der Waals surface area contributed by atoms with Crippen molar-refractivity contribution in [2.75, 3.05) is 42.6 Å². The molecule has 2 aliphatic heterocycles. The number of anilines is 1. The highest BCUT2D eigenvalue weighted by Crippen LogP contribution is 2.30. The van der Waals surface area contributed by atoms with Crippen LogP contribution >= 0.6 is 0 Å². The number of benzene rings is 1. The molecule has 2 aliphatic rings. The largest absolute Gasteiger partial charge is 0.338 e. The topological polar surface area (TPSA) is 101 Å². The second-order valence-electron chi connectivity index (χ2n) is 7.80. The Balaban J connectivity index is 1.54. The van der Waals surface area contributed by atoms with Crippen LogP contribution in [0.15, 0.2) is 47.6 Å². The third kappa shape index (κ3) is 4.21. The summed E-state index contributed by atoms with van der Waals surface area (Å²) in [6.45, 7) is 4.39. The van der Waals surface area contributed by atoms with Crippen LogP contribution in [0.5, 0.6) is 0 Å². The van der Waals surface area contributed by atoms with Crippen molar-refractivity contribution in [3.8, 4) is 0 Å². The van der Waals surface area contributed by atoms with E-state index >= 15 is 0 Å². The molecular formula is C20H26N4O4S2. The van der Waals surface area contributed by atoms with Crippen LogP contribution in [0.1, 0.15) is 12.5 Å². The van der Waals surface area contributed by atoms with Crippen LogP contribution in [-0.2, 0) is 26.1 Å². The molecule has 0 unspecified atom stereocenters. The highest BCUT2D eigenvalue weighted by Gasteiger charge is 2.48. The second kappa shape index (κ2) is 8.24. The molecule has 0 N–H and O–H groups in total. The van der Waals surface area contributed by atoms with E-state index < -0.39 is 31.0 Å². The van der Waals surface area contributed by atoms with E-state index in [2.05, 4.69) is 9.97 Å². The molecular weight excluding hydrogens is 424 g/mol. The molecule has 8 nitrogen and oxygen atoms in total. The fraction of sp³-hybridized carbons (Fsp3) is 0.500. The summed E-state index contributed by atoms with van der Waals surface area (Å²) < 4.78 is 51.6. The molecule has 1 aromatic carbocycles. The Kier molecular flexibility index (Phi) is 5.82. The summed E-state index contributed by atoms with van der Waals surface area (Å²) in [5.41, 5.74) is 1.05. The lowest BCUT2D eigenvalue weighted by atomic mass is 10.2. The molecule has 0 spiro atoms. The van der Waals surface area contributed by atoms with Gasteiger partial charge in [0, 0.05) is 44.6 Å². The summed E-state index contributed by atoms with van der Waals surface area (Å²) in [5.74, 6) is 0.194. The predicted molar refractivity (Wildman–Crippen MR) is 115 cm³/mol. The molecule has 0 aliphatic carbocycles. The van der Waals surface area contributed by atoms with Gasteiger partial charge in [-0.15, -0.1) is 0 Å². The first-order valence-corrected chi connectivity index (χ1v) is 13.5. The lowest BCUT2D eigenvalue weighted by Gasteiger charge is -2.39. The van der Waals surface area contributed by atoms with Crippen molar-refractivity contribution in [3.05, 3.63) is 48.3 Å². The summed E-state index contributed by atoms with van der Waals surface area (Å²) in [6.07, 6.45) is 4.19. The normalized spacial score (nSPS) is 24.8. The maximum absolute atomic E-state index is 13.3. The lowest BCUT2D eigenvalue weighted by Crippen LogP contribution is -2.55. The maximum Gasteiger partial charge on any atom is 0.225 e. The van der Waals surface area contributed by atoms with E-state index in [1.54, 1.807) is 42.7 Å². The maximum atomic E-state index is 13.3. The third-order valence-electron chi connectivity index (χ3n) is 5.95. The molecule has 2 aromatic rings. The average molecular weight is 451 g/mol. The molecule has 0 radical (unpaired) electrons. The van der Waals surface area contributed by atoms with Gasteiger partial charge in [-0.3, -0.25) is 4.90 Å². The predicted octanol–water partition coefficient (Wildman–Crippen LogP) is 0.801. The van der Waals surface area contributed by atoms with Crippen LogP contribution in [0.2, 0.25) is 0 Å². The summed E-state index contributed by atoms with van der Waals surface area (Å²) in [7, 11) is -7.18. The Labute approximate surface area is 177 Å². The van der Waals surface area contributed by atoms with Crippen molar-refractivity contribution in [2.45, 2.75) is 29.5 Å². The minimum absolute atomic E-state index is 0.119.